The van der Waals surface area contributed by atoms with Crippen molar-refractivity contribution in [2.75, 3.05) is 33.2 Å². The lowest BCUT2D eigenvalue weighted by atomic mass is 10.0. The van der Waals surface area contributed by atoms with E-state index in [0.29, 0.717) is 25.6 Å². The van der Waals surface area contributed by atoms with E-state index in [9.17, 15) is 14.4 Å². The number of carbonyl (C=O) groups is 3. The van der Waals surface area contributed by atoms with E-state index in [2.05, 4.69) is 67.8 Å². The van der Waals surface area contributed by atoms with Gasteiger partial charge in [0.1, 0.15) is 6.10 Å². The van der Waals surface area contributed by atoms with Crippen LogP contribution in [0.4, 0.5) is 0 Å². The van der Waals surface area contributed by atoms with Gasteiger partial charge in [-0.2, -0.15) is 0 Å². The Balaban J connectivity index is 0.00000168. The van der Waals surface area contributed by atoms with Crippen molar-refractivity contribution in [2.24, 2.45) is 5.92 Å². The number of likely N-dealkylation sites (N-methyl/N-ethyl adjacent to an activating group) is 2. The third-order valence-corrected chi connectivity index (χ3v) is 6.81. The van der Waals surface area contributed by atoms with Gasteiger partial charge in [0.15, 0.2) is 0 Å². The summed E-state index contributed by atoms with van der Waals surface area (Å²) in [5.41, 5.74) is 2.48. The Kier molecular flexibility index (Phi) is 22.9. The van der Waals surface area contributed by atoms with E-state index in [4.69, 9.17) is 4.74 Å². The summed E-state index contributed by atoms with van der Waals surface area (Å²) in [6.45, 7) is 12.0. The van der Waals surface area contributed by atoms with E-state index in [1.807, 2.05) is 38.1 Å². The second-order valence-corrected chi connectivity index (χ2v) is 10.5. The van der Waals surface area contributed by atoms with Crippen molar-refractivity contribution in [1.29, 1.82) is 0 Å². The molecule has 0 aliphatic heterocycles. The number of nitrogens with zero attached hydrogens (tertiary/aromatic N) is 1. The lowest BCUT2D eigenvalue weighted by molar-refractivity contribution is -0.137. The summed E-state index contributed by atoms with van der Waals surface area (Å²) >= 11 is 0. The van der Waals surface area contributed by atoms with Gasteiger partial charge in [0, 0.05) is 33.1 Å². The van der Waals surface area contributed by atoms with Crippen LogP contribution < -0.4 is 16.0 Å². The molecule has 3 amide bonds. The monoisotopic (exact) mass is 596 g/mol. The van der Waals surface area contributed by atoms with Crippen LogP contribution in [0.2, 0.25) is 0 Å². The largest absolute Gasteiger partial charge is 0.493 e. The number of amides is 3. The fraction of sp³-hybridized carbons (Fsp3) is 0.571. The van der Waals surface area contributed by atoms with Gasteiger partial charge in [0.25, 0.3) is 0 Å². The Morgan fingerprint density at radius 3 is 2.28 bits per heavy atom. The fourth-order valence-corrected chi connectivity index (χ4v) is 4.41. The molecule has 1 aliphatic carbocycles. The molecule has 8 nitrogen and oxygen atoms in total. The summed E-state index contributed by atoms with van der Waals surface area (Å²) in [6.07, 6.45) is 19.2. The summed E-state index contributed by atoms with van der Waals surface area (Å²) in [5, 5.41) is 8.92. The number of benzene rings is 1. The molecule has 0 radical (unpaired) electrons. The van der Waals surface area contributed by atoms with Crippen LogP contribution in [0.3, 0.4) is 0 Å². The number of nitrogens with one attached hydrogen (secondary N) is 3. The van der Waals surface area contributed by atoms with Crippen LogP contribution in [-0.4, -0.2) is 68.5 Å². The lowest BCUT2D eigenvalue weighted by Crippen LogP contribution is -2.50. The van der Waals surface area contributed by atoms with Crippen molar-refractivity contribution < 1.29 is 19.1 Å². The van der Waals surface area contributed by atoms with Crippen molar-refractivity contribution in [3.8, 4) is 12.8 Å². The highest BCUT2D eigenvalue weighted by molar-refractivity contribution is 5.87. The standard InChI is InChI=1S/C26H46N4O4.C7H8.C2H2/c1-6-11-20(13-10-16-27-19-31)23(12-7-2)34-22(8-3)17-29-25(21-14-15-21)26(33)30(5)18-24(32)28-9-4;1-7-5-3-2-4-6-7;1-2/h6,11,19,21-22,25,29H,7-10,12-18H2,1-5H3,(H,27,31)(H,28,32);2-6H,1H3;1-2H/b11-6-,23-20-;;. The molecule has 1 saturated carbocycles. The lowest BCUT2D eigenvalue weighted by Gasteiger charge is -2.27. The predicted molar refractivity (Wildman–Crippen MR) is 177 cm³/mol. The first-order valence-corrected chi connectivity index (χ1v) is 15.6. The molecule has 0 spiro atoms. The first kappa shape index (κ1) is 39.4. The number of carbonyl (C=O) groups excluding carboxylic acids is 3. The zero-order valence-electron chi connectivity index (χ0n) is 27.4. The minimum absolute atomic E-state index is 0.0368. The maximum atomic E-state index is 13.0. The van der Waals surface area contributed by atoms with Crippen LogP contribution in [0.5, 0.6) is 0 Å². The first-order chi connectivity index (χ1) is 20.8. The molecule has 2 unspecified atom stereocenters. The fourth-order valence-electron chi connectivity index (χ4n) is 4.41. The summed E-state index contributed by atoms with van der Waals surface area (Å²) in [4.78, 5) is 37.0. The number of hydrogen-bond acceptors (Lipinski definition) is 5. The number of rotatable bonds is 19. The number of ether oxygens (including phenoxy) is 1. The number of terminal acetylenes is 1. The molecular weight excluding hydrogens is 540 g/mol. The third kappa shape index (κ3) is 17.9. The Labute approximate surface area is 261 Å². The van der Waals surface area contributed by atoms with Crippen molar-refractivity contribution >= 4 is 18.2 Å². The van der Waals surface area contributed by atoms with Gasteiger partial charge in [-0.3, -0.25) is 14.4 Å². The molecule has 0 aromatic heterocycles. The van der Waals surface area contributed by atoms with E-state index in [-0.39, 0.29) is 30.5 Å². The molecule has 1 fully saturated rings. The summed E-state index contributed by atoms with van der Waals surface area (Å²) in [7, 11) is 1.69. The summed E-state index contributed by atoms with van der Waals surface area (Å²) in [6, 6.07) is 9.97. The van der Waals surface area contributed by atoms with E-state index in [1.165, 1.54) is 10.5 Å². The second kappa shape index (κ2) is 25.0. The third-order valence-electron chi connectivity index (χ3n) is 6.81. The van der Waals surface area contributed by atoms with E-state index < -0.39 is 0 Å². The molecule has 0 bridgehead atoms. The average Bonchev–Trinajstić information content (AvgIpc) is 3.85. The van der Waals surface area contributed by atoms with Gasteiger partial charge in [-0.25, -0.2) is 0 Å². The highest BCUT2D eigenvalue weighted by Gasteiger charge is 2.38. The molecular formula is C35H56N4O4. The van der Waals surface area contributed by atoms with Crippen LogP contribution in [0.25, 0.3) is 0 Å². The molecule has 8 heteroatoms. The van der Waals surface area contributed by atoms with Crippen molar-refractivity contribution in [1.82, 2.24) is 20.9 Å². The Hall–Kier alpha value is -3.57. The smallest absolute Gasteiger partial charge is 0.240 e. The zero-order valence-corrected chi connectivity index (χ0v) is 27.4. The molecule has 3 N–H and O–H groups in total. The predicted octanol–water partition coefficient (Wildman–Crippen LogP) is 5.15. The van der Waals surface area contributed by atoms with Crippen LogP contribution in [0.1, 0.15) is 78.2 Å². The minimum atomic E-state index is -0.292. The SMILES string of the molecule is C#C.C/C=C\C(CCCNC=O)=C(/CCC)OC(CC)CNC(C(=O)N(C)CC(=O)NCC)C1CC1.Cc1ccccc1. The van der Waals surface area contributed by atoms with Gasteiger partial charge in [0.2, 0.25) is 18.2 Å². The van der Waals surface area contributed by atoms with Gasteiger partial charge in [-0.1, -0.05) is 61.9 Å². The topological polar surface area (TPSA) is 99.8 Å². The number of aryl methyl sites for hydroxylation is 1. The second-order valence-electron chi connectivity index (χ2n) is 10.5. The summed E-state index contributed by atoms with van der Waals surface area (Å²) < 4.78 is 6.49. The Morgan fingerprint density at radius 2 is 1.79 bits per heavy atom. The average molecular weight is 597 g/mol. The van der Waals surface area contributed by atoms with Gasteiger partial charge in [0.05, 0.1) is 18.3 Å². The Bertz CT molecular complexity index is 986. The maximum Gasteiger partial charge on any atom is 0.240 e. The molecule has 1 aromatic carbocycles. The number of allylic oxidation sites excluding steroid dienone is 4. The molecule has 0 heterocycles. The highest BCUT2D eigenvalue weighted by atomic mass is 16.5. The van der Waals surface area contributed by atoms with Gasteiger partial charge in [-0.15, -0.1) is 12.8 Å². The van der Waals surface area contributed by atoms with Crippen LogP contribution in [-0.2, 0) is 19.1 Å². The molecule has 43 heavy (non-hydrogen) atoms. The first-order valence-electron chi connectivity index (χ1n) is 15.6. The minimum Gasteiger partial charge on any atom is -0.493 e. The van der Waals surface area contributed by atoms with E-state index in [0.717, 1.165) is 62.7 Å². The van der Waals surface area contributed by atoms with Crippen LogP contribution >= 0.6 is 0 Å². The van der Waals surface area contributed by atoms with Crippen LogP contribution in [0.15, 0.2) is 53.8 Å². The molecule has 2 atom stereocenters. The van der Waals surface area contributed by atoms with Gasteiger partial charge >= 0.3 is 0 Å². The molecule has 1 aromatic rings. The van der Waals surface area contributed by atoms with E-state index >= 15 is 0 Å². The Morgan fingerprint density at radius 1 is 1.12 bits per heavy atom. The highest BCUT2D eigenvalue weighted by Crippen LogP contribution is 2.33. The molecule has 2 rings (SSSR count). The van der Waals surface area contributed by atoms with Crippen molar-refractivity contribution in [3.05, 3.63) is 59.4 Å². The number of hydrogen-bond donors (Lipinski definition) is 3. The maximum absolute atomic E-state index is 13.0. The van der Waals surface area contributed by atoms with Gasteiger partial charge in [-0.05, 0) is 70.8 Å². The molecule has 0 saturated heterocycles. The van der Waals surface area contributed by atoms with Crippen molar-refractivity contribution in [3.63, 3.8) is 0 Å². The normalized spacial score (nSPS) is 14.0. The molecule has 1 aliphatic rings. The summed E-state index contributed by atoms with van der Waals surface area (Å²) in [5.74, 6) is 1.13. The van der Waals surface area contributed by atoms with Crippen LogP contribution in [0, 0.1) is 25.7 Å². The quantitative estimate of drug-likeness (QED) is 0.0675. The van der Waals surface area contributed by atoms with Gasteiger partial charge < -0.3 is 25.6 Å². The van der Waals surface area contributed by atoms with Crippen molar-refractivity contribution in [2.45, 2.75) is 91.7 Å². The zero-order chi connectivity index (χ0) is 32.5. The van der Waals surface area contributed by atoms with E-state index in [1.54, 1.807) is 7.05 Å². The molecule has 240 valence electrons.